The topological polar surface area (TPSA) is 32.3 Å². The van der Waals surface area contributed by atoms with E-state index in [-0.39, 0.29) is 0 Å². The van der Waals surface area contributed by atoms with Gasteiger partial charge in [-0.05, 0) is 19.3 Å². The lowest BCUT2D eigenvalue weighted by atomic mass is 9.97. The van der Waals surface area contributed by atoms with Crippen molar-refractivity contribution in [2.24, 2.45) is 0 Å². The molecule has 0 amide bonds. The second kappa shape index (κ2) is 6.17. The molecular formula is C11H23NO. The largest absolute Gasteiger partial charge is 0.389 e. The maximum atomic E-state index is 9.92. The summed E-state index contributed by atoms with van der Waals surface area (Å²) in [5.41, 5.74) is 0.656. The van der Waals surface area contributed by atoms with Gasteiger partial charge in [-0.15, -0.1) is 0 Å². The Kier molecular flexibility index (Phi) is 6.00. The minimum Gasteiger partial charge on any atom is -0.389 e. The number of hydrogen-bond donors (Lipinski definition) is 2. The van der Waals surface area contributed by atoms with E-state index in [0.29, 0.717) is 6.54 Å². The van der Waals surface area contributed by atoms with Gasteiger partial charge in [-0.3, -0.25) is 0 Å². The molecule has 0 spiro atoms. The van der Waals surface area contributed by atoms with E-state index in [9.17, 15) is 5.11 Å². The predicted octanol–water partition coefficient (Wildman–Crippen LogP) is 2.09. The molecule has 2 nitrogen and oxygen atoms in total. The Bertz CT molecular complexity index is 150. The molecule has 0 fully saturated rings. The van der Waals surface area contributed by atoms with Gasteiger partial charge < -0.3 is 10.4 Å². The predicted molar refractivity (Wildman–Crippen MR) is 57.8 cm³/mol. The number of nitrogens with one attached hydrogen (secondary N) is 1. The van der Waals surface area contributed by atoms with Crippen molar-refractivity contribution in [2.45, 2.75) is 45.6 Å². The molecule has 0 aliphatic heterocycles. The summed E-state index contributed by atoms with van der Waals surface area (Å²) in [6, 6.07) is 0. The monoisotopic (exact) mass is 185 g/mol. The first-order valence-electron chi connectivity index (χ1n) is 5.17. The van der Waals surface area contributed by atoms with Gasteiger partial charge in [0.15, 0.2) is 0 Å². The van der Waals surface area contributed by atoms with Crippen LogP contribution in [0.25, 0.3) is 0 Å². The van der Waals surface area contributed by atoms with Gasteiger partial charge >= 0.3 is 0 Å². The molecule has 0 bridgehead atoms. The van der Waals surface area contributed by atoms with E-state index in [1.165, 1.54) is 5.57 Å². The van der Waals surface area contributed by atoms with Gasteiger partial charge in [-0.1, -0.05) is 32.9 Å². The van der Waals surface area contributed by atoms with Crippen LogP contribution in [0.5, 0.6) is 0 Å². The van der Waals surface area contributed by atoms with Crippen molar-refractivity contribution in [3.05, 3.63) is 12.2 Å². The van der Waals surface area contributed by atoms with Crippen LogP contribution in [-0.2, 0) is 0 Å². The van der Waals surface area contributed by atoms with E-state index in [4.69, 9.17) is 0 Å². The fourth-order valence-electron chi connectivity index (χ4n) is 1.10. The third-order valence-electron chi connectivity index (χ3n) is 2.65. The summed E-state index contributed by atoms with van der Waals surface area (Å²) in [7, 11) is 0. The van der Waals surface area contributed by atoms with Gasteiger partial charge in [-0.2, -0.15) is 0 Å². The van der Waals surface area contributed by atoms with Crippen LogP contribution in [0.2, 0.25) is 0 Å². The van der Waals surface area contributed by atoms with Crippen molar-refractivity contribution in [1.29, 1.82) is 0 Å². The van der Waals surface area contributed by atoms with Crippen molar-refractivity contribution in [3.63, 3.8) is 0 Å². The fraction of sp³-hybridized carbons (Fsp3) is 0.818. The van der Waals surface area contributed by atoms with Crippen molar-refractivity contribution < 1.29 is 5.11 Å². The molecule has 2 heteroatoms. The molecule has 0 radical (unpaired) electrons. The summed E-state index contributed by atoms with van der Waals surface area (Å²) in [6.45, 7) is 11.5. The lowest BCUT2D eigenvalue weighted by Gasteiger charge is -2.25. The molecule has 2 N–H and O–H groups in total. The SMILES string of the molecule is C=C(CC)CNCC(O)(CC)CC. The van der Waals surface area contributed by atoms with Crippen LogP contribution in [0.3, 0.4) is 0 Å². The average Bonchev–Trinajstić information content (AvgIpc) is 2.17. The van der Waals surface area contributed by atoms with Gasteiger partial charge in [0.2, 0.25) is 0 Å². The molecule has 78 valence electrons. The van der Waals surface area contributed by atoms with E-state index in [1.54, 1.807) is 0 Å². The average molecular weight is 185 g/mol. The third kappa shape index (κ3) is 5.06. The molecule has 0 heterocycles. The molecule has 0 rings (SSSR count). The van der Waals surface area contributed by atoms with Crippen molar-refractivity contribution in [2.75, 3.05) is 13.1 Å². The highest BCUT2D eigenvalue weighted by Gasteiger charge is 2.20. The van der Waals surface area contributed by atoms with E-state index in [1.807, 2.05) is 13.8 Å². The van der Waals surface area contributed by atoms with E-state index < -0.39 is 5.60 Å². The molecule has 0 saturated carbocycles. The molecule has 0 aromatic heterocycles. The van der Waals surface area contributed by atoms with Gasteiger partial charge in [0.1, 0.15) is 0 Å². The summed E-state index contributed by atoms with van der Waals surface area (Å²) in [5, 5.41) is 13.2. The first-order valence-corrected chi connectivity index (χ1v) is 5.17. The summed E-state index contributed by atoms with van der Waals surface area (Å²) >= 11 is 0. The van der Waals surface area contributed by atoms with Crippen LogP contribution in [0.4, 0.5) is 0 Å². The molecule has 0 saturated heterocycles. The van der Waals surface area contributed by atoms with Crippen LogP contribution in [-0.4, -0.2) is 23.8 Å². The Balaban J connectivity index is 3.67. The molecule has 0 unspecified atom stereocenters. The standard InChI is InChI=1S/C11H23NO/c1-5-10(4)8-12-9-11(13,6-2)7-3/h12-13H,4-9H2,1-3H3. The zero-order valence-corrected chi connectivity index (χ0v) is 9.19. The van der Waals surface area contributed by atoms with E-state index >= 15 is 0 Å². The molecule has 0 aliphatic rings. The van der Waals surface area contributed by atoms with Crippen LogP contribution >= 0.6 is 0 Å². The fourth-order valence-corrected chi connectivity index (χ4v) is 1.10. The number of rotatable bonds is 7. The van der Waals surface area contributed by atoms with Gasteiger partial charge in [0, 0.05) is 13.1 Å². The van der Waals surface area contributed by atoms with Crippen LogP contribution in [0, 0.1) is 0 Å². The second-order valence-electron chi connectivity index (χ2n) is 3.64. The van der Waals surface area contributed by atoms with Crippen molar-refractivity contribution in [3.8, 4) is 0 Å². The van der Waals surface area contributed by atoms with Crippen molar-refractivity contribution in [1.82, 2.24) is 5.32 Å². The van der Waals surface area contributed by atoms with Gasteiger partial charge in [-0.25, -0.2) is 0 Å². The lowest BCUT2D eigenvalue weighted by molar-refractivity contribution is 0.0333. The quantitative estimate of drug-likeness (QED) is 0.595. The molecule has 0 aliphatic carbocycles. The Morgan fingerprint density at radius 2 is 1.85 bits per heavy atom. The van der Waals surface area contributed by atoms with E-state index in [0.717, 1.165) is 25.8 Å². The molecule has 0 atom stereocenters. The minimum absolute atomic E-state index is 0.534. The number of aliphatic hydroxyl groups is 1. The van der Waals surface area contributed by atoms with E-state index in [2.05, 4.69) is 18.8 Å². The summed E-state index contributed by atoms with van der Waals surface area (Å²) in [5.74, 6) is 0. The Labute approximate surface area is 82.0 Å². The first kappa shape index (κ1) is 12.7. The normalized spacial score (nSPS) is 11.7. The Hall–Kier alpha value is -0.340. The van der Waals surface area contributed by atoms with Crippen LogP contribution in [0.15, 0.2) is 12.2 Å². The van der Waals surface area contributed by atoms with Crippen molar-refractivity contribution >= 4 is 0 Å². The molecule has 13 heavy (non-hydrogen) atoms. The van der Waals surface area contributed by atoms with Gasteiger partial charge in [0.05, 0.1) is 5.60 Å². The van der Waals surface area contributed by atoms with Crippen LogP contribution < -0.4 is 5.32 Å². The molecular weight excluding hydrogens is 162 g/mol. The zero-order chi connectivity index (χ0) is 10.3. The molecule has 0 aromatic rings. The highest BCUT2D eigenvalue weighted by Crippen LogP contribution is 2.12. The first-order chi connectivity index (χ1) is 6.08. The maximum absolute atomic E-state index is 9.92. The zero-order valence-electron chi connectivity index (χ0n) is 9.19. The third-order valence-corrected chi connectivity index (χ3v) is 2.65. The number of hydrogen-bond acceptors (Lipinski definition) is 2. The second-order valence-corrected chi connectivity index (χ2v) is 3.64. The summed E-state index contributed by atoms with van der Waals surface area (Å²) in [6.07, 6.45) is 2.61. The summed E-state index contributed by atoms with van der Waals surface area (Å²) in [4.78, 5) is 0. The highest BCUT2D eigenvalue weighted by atomic mass is 16.3. The lowest BCUT2D eigenvalue weighted by Crippen LogP contribution is -2.40. The maximum Gasteiger partial charge on any atom is 0.0766 e. The Morgan fingerprint density at radius 3 is 2.23 bits per heavy atom. The highest BCUT2D eigenvalue weighted by molar-refractivity contribution is 4.95. The Morgan fingerprint density at radius 1 is 1.31 bits per heavy atom. The molecule has 0 aromatic carbocycles. The minimum atomic E-state index is -0.534. The smallest absolute Gasteiger partial charge is 0.0766 e. The summed E-state index contributed by atoms with van der Waals surface area (Å²) < 4.78 is 0. The van der Waals surface area contributed by atoms with Crippen LogP contribution in [0.1, 0.15) is 40.0 Å². The van der Waals surface area contributed by atoms with Gasteiger partial charge in [0.25, 0.3) is 0 Å².